The number of halogens is 3. The molecule has 3 amide bonds. The zero-order valence-electron chi connectivity index (χ0n) is 16.7. The van der Waals surface area contributed by atoms with Crippen LogP contribution in [0.15, 0.2) is 24.4 Å². The van der Waals surface area contributed by atoms with E-state index in [0.717, 1.165) is 12.0 Å². The van der Waals surface area contributed by atoms with E-state index in [1.54, 1.807) is 6.20 Å². The van der Waals surface area contributed by atoms with Crippen molar-refractivity contribution in [3.8, 4) is 0 Å². The number of nitrogens with one attached hydrogen (secondary N) is 2. The van der Waals surface area contributed by atoms with Gasteiger partial charge in [-0.3, -0.25) is 9.69 Å². The number of hydrogen-bond acceptors (Lipinski definition) is 5. The molecule has 12 heteroatoms. The first-order chi connectivity index (χ1) is 14.2. The quantitative estimate of drug-likeness (QED) is 0.647. The predicted molar refractivity (Wildman–Crippen MR) is 98.5 cm³/mol. The number of urea groups is 1. The van der Waals surface area contributed by atoms with Crippen LogP contribution < -0.4 is 10.6 Å². The number of rotatable bonds is 7. The van der Waals surface area contributed by atoms with E-state index in [-0.39, 0.29) is 25.1 Å². The van der Waals surface area contributed by atoms with Crippen LogP contribution in [0.1, 0.15) is 45.7 Å². The molecule has 0 bridgehead atoms. The van der Waals surface area contributed by atoms with E-state index < -0.39 is 24.5 Å². The molecule has 30 heavy (non-hydrogen) atoms. The minimum absolute atomic E-state index is 0.0604. The molecule has 1 fully saturated rings. The Kier molecular flexibility index (Phi) is 6.64. The van der Waals surface area contributed by atoms with Gasteiger partial charge in [0.15, 0.2) is 0 Å². The van der Waals surface area contributed by atoms with Crippen LogP contribution in [-0.4, -0.2) is 56.7 Å². The van der Waals surface area contributed by atoms with Crippen LogP contribution in [0, 0.1) is 5.92 Å². The molecule has 1 aromatic heterocycles. The largest absolute Gasteiger partial charge is 0.471 e. The number of hydrogen-bond donors (Lipinski definition) is 2. The summed E-state index contributed by atoms with van der Waals surface area (Å²) in [6.07, 6.45) is 0.670. The van der Waals surface area contributed by atoms with Crippen molar-refractivity contribution in [3.63, 3.8) is 0 Å². The number of alkyl halides is 3. The smallest absolute Gasteiger partial charge is 0.354 e. The molecule has 166 valence electrons. The normalized spacial score (nSPS) is 27.0. The molecule has 4 unspecified atom stereocenters. The van der Waals surface area contributed by atoms with E-state index >= 15 is 0 Å². The van der Waals surface area contributed by atoms with Gasteiger partial charge in [0.2, 0.25) is 0 Å². The summed E-state index contributed by atoms with van der Waals surface area (Å²) in [5, 5.41) is 8.76. The number of amides is 3. The fourth-order valence-corrected chi connectivity index (χ4v) is 3.73. The maximum Gasteiger partial charge on any atom is 0.471 e. The van der Waals surface area contributed by atoms with Crippen LogP contribution in [0.4, 0.5) is 18.0 Å². The second-order valence-electron chi connectivity index (χ2n) is 7.45. The number of ether oxygens (including phenoxy) is 1. The van der Waals surface area contributed by atoms with E-state index in [2.05, 4.69) is 22.3 Å². The zero-order chi connectivity index (χ0) is 21.9. The Balaban J connectivity index is 1.71. The molecule has 0 radical (unpaired) electrons. The minimum atomic E-state index is -4.91. The summed E-state index contributed by atoms with van der Waals surface area (Å²) in [6, 6.07) is -0.349. The van der Waals surface area contributed by atoms with Crippen molar-refractivity contribution in [2.75, 3.05) is 6.54 Å². The van der Waals surface area contributed by atoms with E-state index in [4.69, 9.17) is 4.74 Å². The van der Waals surface area contributed by atoms with Gasteiger partial charge in [-0.2, -0.15) is 18.3 Å². The molecule has 0 saturated carbocycles. The summed E-state index contributed by atoms with van der Waals surface area (Å²) in [6.45, 7) is 3.95. The monoisotopic (exact) mass is 430 g/mol. The molecule has 3 rings (SSSR count). The lowest BCUT2D eigenvalue weighted by Gasteiger charge is -2.35. The molecule has 3 heterocycles. The third-order valence-electron chi connectivity index (χ3n) is 5.29. The highest BCUT2D eigenvalue weighted by Crippen LogP contribution is 2.33. The maximum absolute atomic E-state index is 12.7. The Morgan fingerprint density at radius 2 is 2.20 bits per heavy atom. The summed E-state index contributed by atoms with van der Waals surface area (Å²) < 4.78 is 44.5. The van der Waals surface area contributed by atoms with Gasteiger partial charge in [-0.15, -0.1) is 0 Å². The summed E-state index contributed by atoms with van der Waals surface area (Å²) in [7, 11) is 0. The standard InChI is InChI=1S/C18H25F3N6O3/c1-3-13-11(2)7-14(30-13)26-8-12(5-4-6-23-16(28)18(19,20)21)15(25-17(26)29)27-10-22-9-24-27/h8-11,13-15H,3-7H2,1-2H3,(H,23,28)(H,25,29). The molecule has 2 N–H and O–H groups in total. The minimum Gasteiger partial charge on any atom is -0.354 e. The Hall–Kier alpha value is -2.63. The van der Waals surface area contributed by atoms with Gasteiger partial charge >= 0.3 is 18.1 Å². The Labute approximate surface area is 171 Å². The summed E-state index contributed by atoms with van der Waals surface area (Å²) in [4.78, 5) is 29.1. The number of aromatic nitrogens is 3. The van der Waals surface area contributed by atoms with Crippen LogP contribution in [0.5, 0.6) is 0 Å². The van der Waals surface area contributed by atoms with Crippen molar-refractivity contribution < 1.29 is 27.5 Å². The van der Waals surface area contributed by atoms with Crippen molar-refractivity contribution in [2.24, 2.45) is 5.92 Å². The molecule has 1 aromatic rings. The van der Waals surface area contributed by atoms with Crippen LogP contribution in [-0.2, 0) is 9.53 Å². The number of carbonyl (C=O) groups excluding carboxylic acids is 2. The third kappa shape index (κ3) is 4.91. The second kappa shape index (κ2) is 9.02. The zero-order valence-corrected chi connectivity index (χ0v) is 16.7. The van der Waals surface area contributed by atoms with Crippen LogP contribution in [0.25, 0.3) is 0 Å². The van der Waals surface area contributed by atoms with E-state index in [1.165, 1.54) is 22.2 Å². The Bertz CT molecular complexity index is 783. The van der Waals surface area contributed by atoms with Crippen molar-refractivity contribution in [2.45, 2.75) is 64.2 Å². The highest BCUT2D eigenvalue weighted by Gasteiger charge is 2.40. The van der Waals surface area contributed by atoms with Gasteiger partial charge in [0.25, 0.3) is 0 Å². The van der Waals surface area contributed by atoms with Crippen LogP contribution in [0.3, 0.4) is 0 Å². The SMILES string of the molecule is CCC1OC(N2C=C(CCCNC(=O)C(F)(F)F)C(n3cncn3)NC2=O)CC1C. The third-order valence-corrected chi connectivity index (χ3v) is 5.29. The number of carbonyl (C=O) groups is 2. The summed E-state index contributed by atoms with van der Waals surface area (Å²) in [5.74, 6) is -1.67. The summed E-state index contributed by atoms with van der Waals surface area (Å²) >= 11 is 0. The topological polar surface area (TPSA) is 101 Å². The van der Waals surface area contributed by atoms with E-state index in [1.807, 2.05) is 12.2 Å². The lowest BCUT2D eigenvalue weighted by molar-refractivity contribution is -0.173. The van der Waals surface area contributed by atoms with Crippen molar-refractivity contribution in [1.29, 1.82) is 0 Å². The van der Waals surface area contributed by atoms with Gasteiger partial charge in [-0.05, 0) is 37.2 Å². The maximum atomic E-state index is 12.7. The first-order valence-electron chi connectivity index (χ1n) is 9.84. The first kappa shape index (κ1) is 22.1. The summed E-state index contributed by atoms with van der Waals surface area (Å²) in [5.41, 5.74) is 0.720. The molecule has 2 aliphatic heterocycles. The van der Waals surface area contributed by atoms with Gasteiger partial charge in [0.05, 0.1) is 6.10 Å². The molecule has 2 aliphatic rings. The fraction of sp³-hybridized carbons (Fsp3) is 0.667. The lowest BCUT2D eigenvalue weighted by Crippen LogP contribution is -2.50. The van der Waals surface area contributed by atoms with E-state index in [0.29, 0.717) is 18.8 Å². The average molecular weight is 430 g/mol. The van der Waals surface area contributed by atoms with E-state index in [9.17, 15) is 22.8 Å². The Morgan fingerprint density at radius 1 is 1.43 bits per heavy atom. The molecule has 0 aliphatic carbocycles. The van der Waals surface area contributed by atoms with Gasteiger partial charge in [0, 0.05) is 12.7 Å². The first-order valence-corrected chi connectivity index (χ1v) is 9.84. The van der Waals surface area contributed by atoms with Gasteiger partial charge < -0.3 is 15.4 Å². The fourth-order valence-electron chi connectivity index (χ4n) is 3.73. The second-order valence-corrected chi connectivity index (χ2v) is 7.45. The van der Waals surface area contributed by atoms with Crippen LogP contribution >= 0.6 is 0 Å². The molecule has 0 aromatic carbocycles. The van der Waals surface area contributed by atoms with Crippen molar-refractivity contribution in [3.05, 3.63) is 24.4 Å². The van der Waals surface area contributed by atoms with Crippen LogP contribution in [0.2, 0.25) is 0 Å². The Morgan fingerprint density at radius 3 is 2.80 bits per heavy atom. The van der Waals surface area contributed by atoms with Crippen molar-refractivity contribution in [1.82, 2.24) is 30.3 Å². The predicted octanol–water partition coefficient (Wildman–Crippen LogP) is 2.31. The molecule has 0 spiro atoms. The highest BCUT2D eigenvalue weighted by molar-refractivity contribution is 5.81. The molecular formula is C18H25F3N6O3. The van der Waals surface area contributed by atoms with Gasteiger partial charge in [-0.25, -0.2) is 14.5 Å². The highest BCUT2D eigenvalue weighted by atomic mass is 19.4. The molecule has 1 saturated heterocycles. The molecular weight excluding hydrogens is 405 g/mol. The molecule has 9 nitrogen and oxygen atoms in total. The van der Waals surface area contributed by atoms with Gasteiger partial charge in [-0.1, -0.05) is 13.8 Å². The number of nitrogens with zero attached hydrogens (tertiary/aromatic N) is 4. The van der Waals surface area contributed by atoms with Gasteiger partial charge in [0.1, 0.15) is 25.0 Å². The van der Waals surface area contributed by atoms with Crippen molar-refractivity contribution >= 4 is 11.9 Å². The average Bonchev–Trinajstić information content (AvgIpc) is 3.34. The molecule has 4 atom stereocenters. The lowest BCUT2D eigenvalue weighted by atomic mass is 10.0.